The monoisotopic (exact) mass is 478 g/mol. The molecule has 0 spiro atoms. The van der Waals surface area contributed by atoms with Gasteiger partial charge in [-0.05, 0) is 0 Å². The molecule has 1 aliphatic carbocycles. The van der Waals surface area contributed by atoms with E-state index in [1.54, 1.807) is 14.6 Å². The van der Waals surface area contributed by atoms with Crippen LogP contribution in [-0.2, 0) is 20.4 Å². The van der Waals surface area contributed by atoms with Gasteiger partial charge in [0, 0.05) is 0 Å². The van der Waals surface area contributed by atoms with Gasteiger partial charge in [-0.1, -0.05) is 0 Å². The van der Waals surface area contributed by atoms with Gasteiger partial charge < -0.3 is 37.2 Å². The molecule has 0 aliphatic heterocycles. The summed E-state index contributed by atoms with van der Waals surface area (Å²) < 4.78 is 1.62. The molecule has 3 atom stereocenters. The second-order valence-electron chi connectivity index (χ2n) is 8.26. The minimum absolute atomic E-state index is 0. The molecule has 0 bridgehead atoms. The summed E-state index contributed by atoms with van der Waals surface area (Å²) in [5, 5.41) is 1.86. The number of hydrogen-bond acceptors (Lipinski definition) is 0. The van der Waals surface area contributed by atoms with Gasteiger partial charge in [-0.15, -0.1) is 0 Å². The van der Waals surface area contributed by atoms with E-state index in [-0.39, 0.29) is 42.3 Å². The fourth-order valence-corrected chi connectivity index (χ4v) is 12.3. The maximum atomic E-state index is 2.65. The Bertz CT molecular complexity index is 695. The molecule has 0 N–H and O–H groups in total. The van der Waals surface area contributed by atoms with Crippen LogP contribution in [0.3, 0.4) is 0 Å². The Kier molecular flexibility index (Phi) is 11.6. The van der Waals surface area contributed by atoms with E-state index < -0.39 is 8.07 Å². The van der Waals surface area contributed by atoms with E-state index in [4.69, 9.17) is 0 Å². The molecule has 0 saturated carbocycles. The number of allylic oxidation sites excluding steroid dienone is 4. The molecule has 0 radical (unpaired) electrons. The van der Waals surface area contributed by atoms with Crippen LogP contribution in [0.5, 0.6) is 0 Å². The van der Waals surface area contributed by atoms with Gasteiger partial charge in [-0.2, -0.15) is 0 Å². The Hall–Kier alpha value is 0.501. The third-order valence-corrected chi connectivity index (χ3v) is 15.5. The van der Waals surface area contributed by atoms with Gasteiger partial charge in [0.1, 0.15) is 0 Å². The van der Waals surface area contributed by atoms with Crippen molar-refractivity contribution in [3.05, 3.63) is 49.9 Å². The van der Waals surface area contributed by atoms with Crippen molar-refractivity contribution in [1.82, 2.24) is 0 Å². The molecule has 1 aromatic rings. The molecule has 0 aromatic heterocycles. The molecule has 27 heavy (non-hydrogen) atoms. The van der Waals surface area contributed by atoms with E-state index in [0.717, 1.165) is 5.54 Å². The number of rotatable bonds is 4. The molecule has 0 heterocycles. The Morgan fingerprint density at radius 1 is 0.926 bits per heavy atom. The van der Waals surface area contributed by atoms with Crippen LogP contribution in [0.1, 0.15) is 59.1 Å². The summed E-state index contributed by atoms with van der Waals surface area (Å²) in [6.07, 6.45) is 1.25. The van der Waals surface area contributed by atoms with Crippen LogP contribution in [0, 0.1) is 13.8 Å². The van der Waals surface area contributed by atoms with E-state index in [0.29, 0.717) is 0 Å². The molecule has 150 valence electrons. The molecular formula is C22H33Cl3SiTi. The fraction of sp³-hybridized carbons (Fsp3) is 0.545. The van der Waals surface area contributed by atoms with Crippen molar-refractivity contribution in [2.45, 2.75) is 78.9 Å². The standard InChI is InChI=1S/C22H33Si.3ClH.Ti/c1-10-18(5)23(9,21-12-15(2)11-16(3)13-21)22(8)14-17(4)19(6)20(22)7;;;;/h11-13,18H,10H2,1-9H3;3*1H;/q;;;;+3/p-3. The van der Waals surface area contributed by atoms with Crippen LogP contribution in [0.15, 0.2) is 38.8 Å². The van der Waals surface area contributed by atoms with Crippen molar-refractivity contribution >= 4 is 13.3 Å². The summed E-state index contributed by atoms with van der Waals surface area (Å²) in [6, 6.07) is 7.29. The first-order valence-electron chi connectivity index (χ1n) is 9.21. The van der Waals surface area contributed by atoms with Gasteiger partial charge >= 0.3 is 163 Å². The first-order valence-corrected chi connectivity index (χ1v) is 12.6. The summed E-state index contributed by atoms with van der Waals surface area (Å²) in [5.74, 6) is 0. The summed E-state index contributed by atoms with van der Waals surface area (Å²) in [6.45, 7) is 21.6. The molecule has 5 heteroatoms. The van der Waals surface area contributed by atoms with Crippen LogP contribution in [0.2, 0.25) is 17.1 Å². The molecule has 1 aromatic carbocycles. The van der Waals surface area contributed by atoms with Gasteiger partial charge in [0.05, 0.1) is 0 Å². The third kappa shape index (κ3) is 4.49. The second kappa shape index (κ2) is 10.5. The van der Waals surface area contributed by atoms with E-state index in [1.165, 1.54) is 28.7 Å². The molecule has 0 amide bonds. The van der Waals surface area contributed by atoms with Gasteiger partial charge in [0.2, 0.25) is 0 Å². The smallest absolute Gasteiger partial charge is 1.00 e. The topological polar surface area (TPSA) is 0 Å². The van der Waals surface area contributed by atoms with Crippen LogP contribution in [0.25, 0.3) is 0 Å². The fourth-order valence-electron chi connectivity index (χ4n) is 4.80. The third-order valence-electron chi connectivity index (χ3n) is 7.21. The van der Waals surface area contributed by atoms with Gasteiger partial charge in [-0.3, -0.25) is 0 Å². The Labute approximate surface area is 198 Å². The maximum absolute atomic E-state index is 2.65. The minimum atomic E-state index is -1.81. The molecule has 0 saturated heterocycles. The maximum Gasteiger partial charge on any atom is -1.00 e. The largest absolute Gasteiger partial charge is 1.00 e. The van der Waals surface area contributed by atoms with E-state index >= 15 is 0 Å². The van der Waals surface area contributed by atoms with Crippen LogP contribution < -0.4 is 42.4 Å². The summed E-state index contributed by atoms with van der Waals surface area (Å²) in [4.78, 5) is 0. The molecule has 0 nitrogen and oxygen atoms in total. The Morgan fingerprint density at radius 2 is 1.37 bits per heavy atom. The van der Waals surface area contributed by atoms with Crippen molar-refractivity contribution < 1.29 is 57.7 Å². The molecule has 3 unspecified atom stereocenters. The van der Waals surface area contributed by atoms with E-state index in [9.17, 15) is 0 Å². The zero-order valence-electron chi connectivity index (χ0n) is 18.2. The van der Waals surface area contributed by atoms with E-state index in [1.807, 2.05) is 0 Å². The van der Waals surface area contributed by atoms with Crippen molar-refractivity contribution in [2.24, 2.45) is 0 Å². The summed E-state index contributed by atoms with van der Waals surface area (Å²) in [5.41, 5.74) is 8.23. The molecular weight excluding hydrogens is 447 g/mol. The number of benzene rings is 1. The normalized spacial score (nSPS) is 22.5. The SMILES string of the molecule is CCC(C)[Si](C)(c1cc(C)cc(C)c1)C1(C)C(C)=C(C)C(C)=[C]1[Ti+3].[Cl-].[Cl-].[Cl-]. The molecule has 1 aliphatic rings. The van der Waals surface area contributed by atoms with Gasteiger partial charge in [0.15, 0.2) is 0 Å². The Balaban J connectivity index is 0. The molecule has 2 rings (SSSR count). The molecule has 0 fully saturated rings. The van der Waals surface area contributed by atoms with Crippen LogP contribution in [0.4, 0.5) is 0 Å². The minimum Gasteiger partial charge on any atom is -1.00 e. The van der Waals surface area contributed by atoms with Gasteiger partial charge in [0.25, 0.3) is 0 Å². The predicted octanol–water partition coefficient (Wildman–Crippen LogP) is -2.67. The zero-order valence-corrected chi connectivity index (χ0v) is 23.0. The number of halogens is 3. The van der Waals surface area contributed by atoms with Crippen LogP contribution >= 0.6 is 0 Å². The van der Waals surface area contributed by atoms with E-state index in [2.05, 4.69) is 101 Å². The van der Waals surface area contributed by atoms with Crippen molar-refractivity contribution in [3.63, 3.8) is 0 Å². The second-order valence-corrected chi connectivity index (χ2v) is 14.0. The number of hydrogen-bond donors (Lipinski definition) is 0. The first kappa shape index (κ1) is 29.7. The zero-order chi connectivity index (χ0) is 18.4. The van der Waals surface area contributed by atoms with Crippen molar-refractivity contribution in [2.75, 3.05) is 0 Å². The van der Waals surface area contributed by atoms with Crippen molar-refractivity contribution in [3.8, 4) is 0 Å². The average molecular weight is 480 g/mol. The quantitative estimate of drug-likeness (QED) is 0.414. The summed E-state index contributed by atoms with van der Waals surface area (Å²) in [7, 11) is -1.81. The average Bonchev–Trinajstić information content (AvgIpc) is 2.68. The number of aryl methyl sites for hydroxylation is 2. The predicted molar refractivity (Wildman–Crippen MR) is 106 cm³/mol. The van der Waals surface area contributed by atoms with Crippen molar-refractivity contribution in [1.29, 1.82) is 0 Å². The van der Waals surface area contributed by atoms with Crippen LogP contribution in [-0.4, -0.2) is 8.07 Å². The van der Waals surface area contributed by atoms with Gasteiger partial charge in [-0.25, -0.2) is 0 Å². The first-order chi connectivity index (χ1) is 11.0. The summed E-state index contributed by atoms with van der Waals surface area (Å²) >= 11 is 2.39. The Morgan fingerprint density at radius 3 is 1.70 bits per heavy atom.